The summed E-state index contributed by atoms with van der Waals surface area (Å²) in [5.41, 5.74) is 0. The van der Waals surface area contributed by atoms with Crippen LogP contribution >= 0.6 is 11.6 Å². The predicted octanol–water partition coefficient (Wildman–Crippen LogP) is 0.129. The van der Waals surface area contributed by atoms with Gasteiger partial charge in [0.15, 0.2) is 0 Å². The van der Waals surface area contributed by atoms with Crippen molar-refractivity contribution in [1.82, 2.24) is 0 Å². The molecule has 0 rings (SSSR count). The van der Waals surface area contributed by atoms with Gasteiger partial charge in [0.05, 0.1) is 0 Å². The van der Waals surface area contributed by atoms with E-state index in [-0.39, 0.29) is 0 Å². The van der Waals surface area contributed by atoms with Gasteiger partial charge in [-0.25, -0.2) is 0 Å². The number of aliphatic hydroxyl groups excluding tert-OH is 1. The highest BCUT2D eigenvalue weighted by molar-refractivity contribution is 6.21. The maximum absolute atomic E-state index is 11.1. The first-order chi connectivity index (χ1) is 2.94. The second kappa shape index (κ2) is 1.90. The van der Waals surface area contributed by atoms with Gasteiger partial charge >= 0.3 is 5.38 Å². The third kappa shape index (κ3) is 2.73. The topological polar surface area (TPSA) is 40.5 Å². The van der Waals surface area contributed by atoms with Crippen LogP contribution in [0.1, 0.15) is 0 Å². The molecule has 2 N–H and O–H groups in total. The molecule has 5 heteroatoms. The molecular formula is C2H3ClF2O2. The Labute approximate surface area is 43.3 Å². The van der Waals surface area contributed by atoms with E-state index in [1.54, 1.807) is 0 Å². The Morgan fingerprint density at radius 1 is 1.43 bits per heavy atom. The lowest BCUT2D eigenvalue weighted by Gasteiger charge is -2.07. The van der Waals surface area contributed by atoms with Crippen molar-refractivity contribution < 1.29 is 19.0 Å². The highest BCUT2D eigenvalue weighted by atomic mass is 35.5. The Morgan fingerprint density at radius 3 is 1.57 bits per heavy atom. The Balaban J connectivity index is 3.54. The van der Waals surface area contributed by atoms with E-state index in [2.05, 4.69) is 11.6 Å². The van der Waals surface area contributed by atoms with Crippen molar-refractivity contribution in [3.8, 4) is 0 Å². The molecule has 0 aliphatic heterocycles. The maximum atomic E-state index is 11.1. The summed E-state index contributed by atoms with van der Waals surface area (Å²) >= 11 is 4.03. The number of alkyl halides is 3. The highest BCUT2D eigenvalue weighted by Gasteiger charge is 2.33. The molecule has 0 unspecified atom stereocenters. The number of aliphatic hydroxyl groups is 2. The molecule has 0 aliphatic rings. The summed E-state index contributed by atoms with van der Waals surface area (Å²) < 4.78 is 22.2. The lowest BCUT2D eigenvalue weighted by molar-refractivity contribution is -0.162. The molecule has 0 spiro atoms. The molecule has 2 nitrogen and oxygen atoms in total. The van der Waals surface area contributed by atoms with E-state index in [9.17, 15) is 8.78 Å². The Hall–Kier alpha value is 0.0700. The lowest BCUT2D eigenvalue weighted by atomic mass is 10.7. The predicted molar refractivity (Wildman–Crippen MR) is 19.0 cm³/mol. The van der Waals surface area contributed by atoms with E-state index >= 15 is 0 Å². The fourth-order valence-corrected chi connectivity index (χ4v) is 0. The third-order valence-electron chi connectivity index (χ3n) is 0.293. The van der Waals surface area contributed by atoms with Gasteiger partial charge in [0, 0.05) is 0 Å². The first-order valence-corrected chi connectivity index (χ1v) is 1.75. The van der Waals surface area contributed by atoms with Crippen molar-refractivity contribution in [3.05, 3.63) is 0 Å². The van der Waals surface area contributed by atoms with Gasteiger partial charge in [-0.2, -0.15) is 8.78 Å². The standard InChI is InChI=1S/C2H3ClF2O2/c3-2(4,5)1(6)7/h1,6-7H. The fraction of sp³-hybridized carbons (Fsp3) is 1.00. The molecule has 0 aromatic heterocycles. The van der Waals surface area contributed by atoms with E-state index in [1.165, 1.54) is 0 Å². The Morgan fingerprint density at radius 2 is 1.57 bits per heavy atom. The van der Waals surface area contributed by atoms with Gasteiger partial charge in [-0.15, -0.1) is 0 Å². The van der Waals surface area contributed by atoms with Crippen molar-refractivity contribution >= 4 is 11.6 Å². The summed E-state index contributed by atoms with van der Waals surface area (Å²) in [4.78, 5) is 0. The van der Waals surface area contributed by atoms with E-state index in [0.717, 1.165) is 0 Å². The molecule has 0 aromatic rings. The van der Waals surface area contributed by atoms with E-state index in [4.69, 9.17) is 10.2 Å². The number of hydrogen-bond donors (Lipinski definition) is 2. The van der Waals surface area contributed by atoms with Crippen LogP contribution in [0.25, 0.3) is 0 Å². The zero-order valence-electron chi connectivity index (χ0n) is 3.11. The van der Waals surface area contributed by atoms with Crippen LogP contribution in [-0.2, 0) is 0 Å². The average Bonchev–Trinajstić information content (AvgIpc) is 1.31. The zero-order chi connectivity index (χ0) is 6.08. The van der Waals surface area contributed by atoms with Crippen LogP contribution in [0.2, 0.25) is 0 Å². The average molecular weight is 132 g/mol. The minimum absolute atomic E-state index is 2.77. The first-order valence-electron chi connectivity index (χ1n) is 1.37. The molecule has 7 heavy (non-hydrogen) atoms. The van der Waals surface area contributed by atoms with Crippen LogP contribution in [0.5, 0.6) is 0 Å². The minimum atomic E-state index is -3.92. The molecule has 0 atom stereocenters. The summed E-state index contributed by atoms with van der Waals surface area (Å²) in [6, 6.07) is 0. The van der Waals surface area contributed by atoms with E-state index < -0.39 is 11.7 Å². The monoisotopic (exact) mass is 132 g/mol. The van der Waals surface area contributed by atoms with Crippen molar-refractivity contribution in [2.75, 3.05) is 0 Å². The molecule has 0 radical (unpaired) electrons. The van der Waals surface area contributed by atoms with E-state index in [1.807, 2.05) is 0 Å². The quantitative estimate of drug-likeness (QED) is 0.393. The van der Waals surface area contributed by atoms with Crippen LogP contribution in [0.15, 0.2) is 0 Å². The molecule has 0 saturated heterocycles. The van der Waals surface area contributed by atoms with Crippen LogP contribution < -0.4 is 0 Å². The normalized spacial score (nSPS) is 12.9. The molecule has 0 fully saturated rings. The maximum Gasteiger partial charge on any atom is 0.371 e. The van der Waals surface area contributed by atoms with Gasteiger partial charge < -0.3 is 10.2 Å². The minimum Gasteiger partial charge on any atom is -0.362 e. The van der Waals surface area contributed by atoms with Crippen LogP contribution in [0.4, 0.5) is 8.78 Å². The Kier molecular flexibility index (Phi) is 1.92. The van der Waals surface area contributed by atoms with Crippen LogP contribution in [0.3, 0.4) is 0 Å². The van der Waals surface area contributed by atoms with Crippen molar-refractivity contribution in [3.63, 3.8) is 0 Å². The van der Waals surface area contributed by atoms with Gasteiger partial charge in [0.2, 0.25) is 6.29 Å². The molecule has 0 aromatic carbocycles. The second-order valence-electron chi connectivity index (χ2n) is 0.915. The lowest BCUT2D eigenvalue weighted by Crippen LogP contribution is -2.26. The number of rotatable bonds is 1. The Bertz CT molecular complexity index is 59.2. The van der Waals surface area contributed by atoms with E-state index in [0.29, 0.717) is 0 Å². The van der Waals surface area contributed by atoms with Crippen LogP contribution in [0, 0.1) is 0 Å². The van der Waals surface area contributed by atoms with Gasteiger partial charge in [-0.1, -0.05) is 0 Å². The van der Waals surface area contributed by atoms with Gasteiger partial charge in [0.25, 0.3) is 0 Å². The first kappa shape index (κ1) is 7.07. The van der Waals surface area contributed by atoms with Gasteiger partial charge in [0.1, 0.15) is 0 Å². The summed E-state index contributed by atoms with van der Waals surface area (Å²) in [5, 5.41) is 11.2. The highest BCUT2D eigenvalue weighted by Crippen LogP contribution is 2.20. The number of halogens is 3. The molecule has 0 aliphatic carbocycles. The summed E-state index contributed by atoms with van der Waals surface area (Å²) in [6.07, 6.45) is -2.77. The van der Waals surface area contributed by atoms with Crippen molar-refractivity contribution in [2.45, 2.75) is 11.7 Å². The molecular weight excluding hydrogens is 129 g/mol. The molecule has 44 valence electrons. The van der Waals surface area contributed by atoms with Gasteiger partial charge in [-0.3, -0.25) is 0 Å². The molecule has 0 bridgehead atoms. The second-order valence-corrected chi connectivity index (χ2v) is 1.42. The largest absolute Gasteiger partial charge is 0.371 e. The SMILES string of the molecule is OC(O)C(F)(F)Cl. The summed E-state index contributed by atoms with van der Waals surface area (Å²) in [7, 11) is 0. The van der Waals surface area contributed by atoms with Crippen molar-refractivity contribution in [2.24, 2.45) is 0 Å². The zero-order valence-corrected chi connectivity index (χ0v) is 3.86. The van der Waals surface area contributed by atoms with Gasteiger partial charge in [-0.05, 0) is 11.6 Å². The molecule has 0 saturated carbocycles. The summed E-state index contributed by atoms with van der Waals surface area (Å²) in [5.74, 6) is 0. The molecule has 0 heterocycles. The number of hydrogen-bond acceptors (Lipinski definition) is 2. The fourth-order valence-electron chi connectivity index (χ4n) is 0. The van der Waals surface area contributed by atoms with Crippen molar-refractivity contribution in [1.29, 1.82) is 0 Å². The third-order valence-corrected chi connectivity index (χ3v) is 0.488. The molecule has 0 amide bonds. The summed E-state index contributed by atoms with van der Waals surface area (Å²) in [6.45, 7) is 0. The van der Waals surface area contributed by atoms with Crippen LogP contribution in [-0.4, -0.2) is 21.9 Å². The smallest absolute Gasteiger partial charge is 0.362 e.